The molecule has 2 rings (SSSR count). The van der Waals surface area contributed by atoms with E-state index in [4.69, 9.17) is 4.52 Å². The molecule has 1 aromatic heterocycles. The molecule has 0 unspecified atom stereocenters. The zero-order chi connectivity index (χ0) is 13.7. The van der Waals surface area contributed by atoms with Crippen LogP contribution in [0.2, 0.25) is 0 Å². The fourth-order valence-electron chi connectivity index (χ4n) is 2.35. The SMILES string of the molecule is CC(C)CSCc1noc(CC(=O)C2CCCC2)n1. The van der Waals surface area contributed by atoms with Gasteiger partial charge in [-0.25, -0.2) is 0 Å². The van der Waals surface area contributed by atoms with Crippen molar-refractivity contribution in [2.24, 2.45) is 11.8 Å². The molecule has 0 atom stereocenters. The Morgan fingerprint density at radius 3 is 2.84 bits per heavy atom. The van der Waals surface area contributed by atoms with Gasteiger partial charge >= 0.3 is 0 Å². The van der Waals surface area contributed by atoms with Crippen LogP contribution < -0.4 is 0 Å². The zero-order valence-corrected chi connectivity index (χ0v) is 12.5. The number of thioether (sulfide) groups is 1. The van der Waals surface area contributed by atoms with E-state index in [0.717, 1.165) is 24.3 Å². The lowest BCUT2D eigenvalue weighted by atomic mass is 10.0. The molecule has 0 radical (unpaired) electrons. The third-order valence-electron chi connectivity index (χ3n) is 3.33. The maximum Gasteiger partial charge on any atom is 0.234 e. The predicted octanol–water partition coefficient (Wildman–Crippen LogP) is 3.26. The molecule has 106 valence electrons. The van der Waals surface area contributed by atoms with Crippen LogP contribution in [-0.2, 0) is 17.0 Å². The van der Waals surface area contributed by atoms with Crippen LogP contribution in [0.4, 0.5) is 0 Å². The standard InChI is InChI=1S/C14H22N2O2S/c1-10(2)8-19-9-13-15-14(18-16-13)7-12(17)11-5-3-4-6-11/h10-11H,3-9H2,1-2H3. The Bertz CT molecular complexity index is 411. The summed E-state index contributed by atoms with van der Waals surface area (Å²) in [5.74, 6) is 4.20. The van der Waals surface area contributed by atoms with E-state index in [1.165, 1.54) is 12.8 Å². The first-order valence-corrected chi connectivity index (χ1v) is 8.22. The number of carbonyl (C=O) groups excluding carboxylic acids is 1. The Morgan fingerprint density at radius 2 is 2.16 bits per heavy atom. The topological polar surface area (TPSA) is 56.0 Å². The van der Waals surface area contributed by atoms with Gasteiger partial charge in [-0.1, -0.05) is 31.8 Å². The lowest BCUT2D eigenvalue weighted by molar-refractivity contribution is -0.122. The summed E-state index contributed by atoms with van der Waals surface area (Å²) in [4.78, 5) is 16.3. The summed E-state index contributed by atoms with van der Waals surface area (Å²) in [6.07, 6.45) is 4.73. The molecule has 1 aromatic rings. The normalized spacial score (nSPS) is 16.4. The summed E-state index contributed by atoms with van der Waals surface area (Å²) in [6, 6.07) is 0. The van der Waals surface area contributed by atoms with Gasteiger partial charge in [0, 0.05) is 5.92 Å². The minimum absolute atomic E-state index is 0.227. The average Bonchev–Trinajstić information content (AvgIpc) is 2.99. The fourth-order valence-corrected chi connectivity index (χ4v) is 3.24. The molecule has 1 aliphatic carbocycles. The molecule has 19 heavy (non-hydrogen) atoms. The molecule has 0 saturated heterocycles. The van der Waals surface area contributed by atoms with Crippen LogP contribution in [0, 0.1) is 11.8 Å². The summed E-state index contributed by atoms with van der Waals surface area (Å²) in [6.45, 7) is 4.38. The quantitative estimate of drug-likeness (QED) is 0.768. The van der Waals surface area contributed by atoms with Gasteiger partial charge in [0.15, 0.2) is 5.82 Å². The first-order chi connectivity index (χ1) is 9.15. The molecule has 1 saturated carbocycles. The lowest BCUT2D eigenvalue weighted by Gasteiger charge is -2.04. The van der Waals surface area contributed by atoms with E-state index in [0.29, 0.717) is 24.1 Å². The van der Waals surface area contributed by atoms with Gasteiger partial charge in [0.1, 0.15) is 5.78 Å². The Labute approximate surface area is 118 Å². The van der Waals surface area contributed by atoms with Gasteiger partial charge in [-0.15, -0.1) is 0 Å². The zero-order valence-electron chi connectivity index (χ0n) is 11.7. The second-order valence-electron chi connectivity index (χ2n) is 5.64. The van der Waals surface area contributed by atoms with Crippen molar-refractivity contribution in [1.82, 2.24) is 10.1 Å². The van der Waals surface area contributed by atoms with Crippen LogP contribution in [-0.4, -0.2) is 21.7 Å². The summed E-state index contributed by atoms with van der Waals surface area (Å²) in [5, 5.41) is 3.93. The van der Waals surface area contributed by atoms with Gasteiger partial charge in [-0.2, -0.15) is 16.7 Å². The van der Waals surface area contributed by atoms with Crippen LogP contribution in [0.5, 0.6) is 0 Å². The highest BCUT2D eigenvalue weighted by atomic mass is 32.2. The van der Waals surface area contributed by atoms with Crippen LogP contribution in [0.3, 0.4) is 0 Å². The van der Waals surface area contributed by atoms with Crippen molar-refractivity contribution in [3.05, 3.63) is 11.7 Å². The minimum Gasteiger partial charge on any atom is -0.339 e. The molecular weight excluding hydrogens is 260 g/mol. The number of nitrogens with zero attached hydrogens (tertiary/aromatic N) is 2. The maximum atomic E-state index is 12.0. The van der Waals surface area contributed by atoms with Crippen molar-refractivity contribution in [2.75, 3.05) is 5.75 Å². The third-order valence-corrected chi connectivity index (χ3v) is 4.69. The molecule has 0 bridgehead atoms. The summed E-state index contributed by atoms with van der Waals surface area (Å²) >= 11 is 1.80. The van der Waals surface area contributed by atoms with E-state index in [1.807, 2.05) is 0 Å². The molecule has 5 heteroatoms. The van der Waals surface area contributed by atoms with Crippen molar-refractivity contribution in [3.8, 4) is 0 Å². The average molecular weight is 282 g/mol. The van der Waals surface area contributed by atoms with E-state index in [-0.39, 0.29) is 11.7 Å². The third kappa shape index (κ3) is 4.64. The highest BCUT2D eigenvalue weighted by molar-refractivity contribution is 7.98. The molecule has 0 N–H and O–H groups in total. The number of Topliss-reactive ketones (excluding diaryl/α,β-unsaturated/α-hetero) is 1. The Balaban J connectivity index is 1.78. The van der Waals surface area contributed by atoms with E-state index < -0.39 is 0 Å². The van der Waals surface area contributed by atoms with Crippen LogP contribution in [0.25, 0.3) is 0 Å². The van der Waals surface area contributed by atoms with Gasteiger partial charge in [-0.3, -0.25) is 4.79 Å². The van der Waals surface area contributed by atoms with Crippen molar-refractivity contribution in [1.29, 1.82) is 0 Å². The Hall–Kier alpha value is -0.840. The number of carbonyl (C=O) groups is 1. The second-order valence-corrected chi connectivity index (χ2v) is 6.67. The smallest absolute Gasteiger partial charge is 0.234 e. The van der Waals surface area contributed by atoms with Crippen molar-refractivity contribution in [2.45, 2.75) is 51.7 Å². The van der Waals surface area contributed by atoms with Gasteiger partial charge in [0.25, 0.3) is 0 Å². The van der Waals surface area contributed by atoms with Gasteiger partial charge in [-0.05, 0) is 24.5 Å². The van der Waals surface area contributed by atoms with Gasteiger partial charge < -0.3 is 4.52 Å². The Kier molecular flexibility index (Phi) is 5.43. The number of ketones is 1. The highest BCUT2D eigenvalue weighted by Crippen LogP contribution is 2.26. The Morgan fingerprint density at radius 1 is 1.42 bits per heavy atom. The van der Waals surface area contributed by atoms with Gasteiger partial charge in [0.2, 0.25) is 5.89 Å². The molecule has 0 aliphatic heterocycles. The molecule has 1 fully saturated rings. The molecule has 1 aliphatic rings. The van der Waals surface area contributed by atoms with E-state index in [2.05, 4.69) is 24.0 Å². The molecule has 0 spiro atoms. The van der Waals surface area contributed by atoms with E-state index in [1.54, 1.807) is 11.8 Å². The highest BCUT2D eigenvalue weighted by Gasteiger charge is 2.24. The summed E-state index contributed by atoms with van der Waals surface area (Å²) in [7, 11) is 0. The largest absolute Gasteiger partial charge is 0.339 e. The molecule has 0 aromatic carbocycles. The van der Waals surface area contributed by atoms with E-state index in [9.17, 15) is 4.79 Å². The van der Waals surface area contributed by atoms with E-state index >= 15 is 0 Å². The van der Waals surface area contributed by atoms with Crippen molar-refractivity contribution >= 4 is 17.5 Å². The number of hydrogen-bond acceptors (Lipinski definition) is 5. The molecule has 1 heterocycles. The van der Waals surface area contributed by atoms with Crippen LogP contribution >= 0.6 is 11.8 Å². The predicted molar refractivity (Wildman–Crippen MR) is 76.0 cm³/mol. The van der Waals surface area contributed by atoms with Gasteiger partial charge in [0.05, 0.1) is 12.2 Å². The van der Waals surface area contributed by atoms with Crippen LogP contribution in [0.15, 0.2) is 4.52 Å². The molecule has 0 amide bonds. The van der Waals surface area contributed by atoms with Crippen molar-refractivity contribution in [3.63, 3.8) is 0 Å². The monoisotopic (exact) mass is 282 g/mol. The molecular formula is C14H22N2O2S. The number of hydrogen-bond donors (Lipinski definition) is 0. The number of aromatic nitrogens is 2. The lowest BCUT2D eigenvalue weighted by Crippen LogP contribution is -2.13. The second kappa shape index (κ2) is 7.08. The molecule has 4 nitrogen and oxygen atoms in total. The van der Waals surface area contributed by atoms with Crippen molar-refractivity contribution < 1.29 is 9.32 Å². The number of rotatable bonds is 7. The first-order valence-electron chi connectivity index (χ1n) is 7.07. The minimum atomic E-state index is 0.227. The van der Waals surface area contributed by atoms with Crippen LogP contribution in [0.1, 0.15) is 51.2 Å². The summed E-state index contributed by atoms with van der Waals surface area (Å²) < 4.78 is 5.16. The summed E-state index contributed by atoms with van der Waals surface area (Å²) in [5.41, 5.74) is 0. The maximum absolute atomic E-state index is 12.0. The fraction of sp³-hybridized carbons (Fsp3) is 0.786. The first kappa shape index (κ1) is 14.6.